The van der Waals surface area contributed by atoms with Gasteiger partial charge in [-0.3, -0.25) is 0 Å². The highest BCUT2D eigenvalue weighted by molar-refractivity contribution is 5.81. The van der Waals surface area contributed by atoms with Crippen LogP contribution in [0.3, 0.4) is 0 Å². The topological polar surface area (TPSA) is 41.6 Å². The standard InChI is InChI=1S/C12H22N2O2/c1-3-16-12(15)7-5-9-14(2)10-11-6-4-8-13-11/h5,7,11,13H,3-4,6,8-10H2,1-2H3/b7-5+. The average Bonchev–Trinajstić information content (AvgIpc) is 2.70. The van der Waals surface area contributed by atoms with Crippen LogP contribution in [0.4, 0.5) is 0 Å². The summed E-state index contributed by atoms with van der Waals surface area (Å²) in [7, 11) is 2.06. The van der Waals surface area contributed by atoms with Gasteiger partial charge in [-0.25, -0.2) is 4.79 Å². The largest absolute Gasteiger partial charge is 0.463 e. The summed E-state index contributed by atoms with van der Waals surface area (Å²) < 4.78 is 4.80. The van der Waals surface area contributed by atoms with E-state index in [9.17, 15) is 4.79 Å². The molecule has 1 N–H and O–H groups in total. The van der Waals surface area contributed by atoms with Crippen molar-refractivity contribution in [2.24, 2.45) is 0 Å². The maximum absolute atomic E-state index is 11.0. The molecule has 0 bridgehead atoms. The van der Waals surface area contributed by atoms with Gasteiger partial charge >= 0.3 is 5.97 Å². The zero-order valence-corrected chi connectivity index (χ0v) is 10.2. The van der Waals surface area contributed by atoms with E-state index in [-0.39, 0.29) is 5.97 Å². The van der Waals surface area contributed by atoms with Crippen molar-refractivity contribution in [3.8, 4) is 0 Å². The van der Waals surface area contributed by atoms with Gasteiger partial charge in [0.1, 0.15) is 0 Å². The van der Waals surface area contributed by atoms with Crippen LogP contribution in [0.25, 0.3) is 0 Å². The van der Waals surface area contributed by atoms with E-state index < -0.39 is 0 Å². The van der Waals surface area contributed by atoms with Crippen LogP contribution >= 0.6 is 0 Å². The molecule has 1 fully saturated rings. The van der Waals surface area contributed by atoms with Crippen molar-refractivity contribution in [1.29, 1.82) is 0 Å². The highest BCUT2D eigenvalue weighted by atomic mass is 16.5. The number of ether oxygens (including phenoxy) is 1. The van der Waals surface area contributed by atoms with Crippen LogP contribution in [0.15, 0.2) is 12.2 Å². The minimum absolute atomic E-state index is 0.255. The molecule has 0 aromatic carbocycles. The van der Waals surface area contributed by atoms with Gasteiger partial charge in [0, 0.05) is 25.2 Å². The number of rotatable bonds is 6. The van der Waals surface area contributed by atoms with Crippen LogP contribution in [0.1, 0.15) is 19.8 Å². The van der Waals surface area contributed by atoms with E-state index >= 15 is 0 Å². The molecule has 1 heterocycles. The fourth-order valence-corrected chi connectivity index (χ4v) is 1.88. The predicted molar refractivity (Wildman–Crippen MR) is 64.3 cm³/mol. The Morgan fingerprint density at radius 2 is 2.44 bits per heavy atom. The molecular formula is C12H22N2O2. The molecule has 0 radical (unpaired) electrons. The summed E-state index contributed by atoms with van der Waals surface area (Å²) in [6, 6.07) is 0.612. The summed E-state index contributed by atoms with van der Waals surface area (Å²) in [5.41, 5.74) is 0. The van der Waals surface area contributed by atoms with Crippen LogP contribution in [-0.2, 0) is 9.53 Å². The van der Waals surface area contributed by atoms with E-state index in [1.807, 2.05) is 13.0 Å². The maximum atomic E-state index is 11.0. The van der Waals surface area contributed by atoms with Gasteiger partial charge in [-0.1, -0.05) is 6.08 Å². The van der Waals surface area contributed by atoms with E-state index in [1.165, 1.54) is 18.9 Å². The molecule has 0 aromatic heterocycles. The fraction of sp³-hybridized carbons (Fsp3) is 0.750. The van der Waals surface area contributed by atoms with E-state index in [0.717, 1.165) is 19.6 Å². The van der Waals surface area contributed by atoms with Gasteiger partial charge in [-0.2, -0.15) is 0 Å². The molecule has 0 spiro atoms. The molecule has 1 aliphatic heterocycles. The first kappa shape index (κ1) is 13.2. The van der Waals surface area contributed by atoms with Crippen molar-refractivity contribution in [2.75, 3.05) is 33.3 Å². The number of hydrogen-bond donors (Lipinski definition) is 1. The lowest BCUT2D eigenvalue weighted by molar-refractivity contribution is -0.137. The Kier molecular flexibility index (Phi) is 6.11. The molecule has 0 aromatic rings. The van der Waals surface area contributed by atoms with Crippen molar-refractivity contribution < 1.29 is 9.53 Å². The van der Waals surface area contributed by atoms with E-state index in [1.54, 1.807) is 0 Å². The maximum Gasteiger partial charge on any atom is 0.330 e. The zero-order chi connectivity index (χ0) is 11.8. The number of carbonyl (C=O) groups is 1. The quantitative estimate of drug-likeness (QED) is 0.537. The first-order chi connectivity index (χ1) is 7.72. The van der Waals surface area contributed by atoms with Crippen LogP contribution in [0, 0.1) is 0 Å². The van der Waals surface area contributed by atoms with E-state index in [4.69, 9.17) is 4.74 Å². The summed E-state index contributed by atoms with van der Waals surface area (Å²) in [6.45, 7) is 5.20. The normalized spacial score (nSPS) is 20.8. The lowest BCUT2D eigenvalue weighted by Crippen LogP contribution is -2.35. The lowest BCUT2D eigenvalue weighted by atomic mass is 10.2. The predicted octanol–water partition coefficient (Wildman–Crippen LogP) is 0.789. The number of nitrogens with zero attached hydrogens (tertiary/aromatic N) is 1. The molecule has 1 unspecified atom stereocenters. The first-order valence-corrected chi connectivity index (χ1v) is 5.97. The second kappa shape index (κ2) is 7.41. The summed E-state index contributed by atoms with van der Waals surface area (Å²) in [5.74, 6) is -0.255. The Bertz CT molecular complexity index is 235. The highest BCUT2D eigenvalue weighted by Crippen LogP contribution is 2.05. The smallest absolute Gasteiger partial charge is 0.330 e. The summed E-state index contributed by atoms with van der Waals surface area (Å²) in [4.78, 5) is 13.2. The SMILES string of the molecule is CCOC(=O)/C=C/CN(C)CC1CCCN1. The minimum atomic E-state index is -0.255. The molecule has 1 rings (SSSR count). The van der Waals surface area contributed by atoms with E-state index in [2.05, 4.69) is 17.3 Å². The Morgan fingerprint density at radius 3 is 3.06 bits per heavy atom. The Balaban J connectivity index is 2.13. The van der Waals surface area contributed by atoms with Crippen molar-refractivity contribution in [1.82, 2.24) is 10.2 Å². The Hall–Kier alpha value is -0.870. The lowest BCUT2D eigenvalue weighted by Gasteiger charge is -2.19. The van der Waals surface area contributed by atoms with Gasteiger partial charge in [-0.05, 0) is 33.4 Å². The fourth-order valence-electron chi connectivity index (χ4n) is 1.88. The van der Waals surface area contributed by atoms with Crippen LogP contribution < -0.4 is 5.32 Å². The van der Waals surface area contributed by atoms with Gasteiger partial charge < -0.3 is 15.0 Å². The monoisotopic (exact) mass is 226 g/mol. The van der Waals surface area contributed by atoms with Gasteiger partial charge in [0.2, 0.25) is 0 Å². The summed E-state index contributed by atoms with van der Waals surface area (Å²) in [6.07, 6.45) is 5.89. The van der Waals surface area contributed by atoms with Gasteiger partial charge in [-0.15, -0.1) is 0 Å². The van der Waals surface area contributed by atoms with Gasteiger partial charge in [0.05, 0.1) is 6.61 Å². The molecule has 0 saturated carbocycles. The first-order valence-electron chi connectivity index (χ1n) is 5.97. The van der Waals surface area contributed by atoms with Crippen molar-refractivity contribution in [2.45, 2.75) is 25.8 Å². The number of carbonyl (C=O) groups excluding carboxylic acids is 1. The number of likely N-dealkylation sites (N-methyl/N-ethyl adjacent to an activating group) is 1. The number of esters is 1. The molecule has 1 saturated heterocycles. The third-order valence-corrected chi connectivity index (χ3v) is 2.65. The van der Waals surface area contributed by atoms with Crippen molar-refractivity contribution in [3.05, 3.63) is 12.2 Å². The summed E-state index contributed by atoms with van der Waals surface area (Å²) in [5, 5.41) is 3.45. The molecule has 4 nitrogen and oxygen atoms in total. The molecular weight excluding hydrogens is 204 g/mol. The average molecular weight is 226 g/mol. The van der Waals surface area contributed by atoms with Crippen molar-refractivity contribution in [3.63, 3.8) is 0 Å². The summed E-state index contributed by atoms with van der Waals surface area (Å²) >= 11 is 0. The third-order valence-electron chi connectivity index (χ3n) is 2.65. The molecule has 16 heavy (non-hydrogen) atoms. The van der Waals surface area contributed by atoms with Crippen LogP contribution in [0.2, 0.25) is 0 Å². The molecule has 1 aliphatic rings. The molecule has 92 valence electrons. The zero-order valence-electron chi connectivity index (χ0n) is 10.2. The number of hydrogen-bond acceptors (Lipinski definition) is 4. The Labute approximate surface area is 97.6 Å². The minimum Gasteiger partial charge on any atom is -0.463 e. The second-order valence-corrected chi connectivity index (χ2v) is 4.17. The molecule has 0 aliphatic carbocycles. The Morgan fingerprint density at radius 1 is 1.62 bits per heavy atom. The van der Waals surface area contributed by atoms with Gasteiger partial charge in [0.15, 0.2) is 0 Å². The molecule has 1 atom stereocenters. The van der Waals surface area contributed by atoms with E-state index in [0.29, 0.717) is 12.6 Å². The van der Waals surface area contributed by atoms with Crippen LogP contribution in [0.5, 0.6) is 0 Å². The highest BCUT2D eigenvalue weighted by Gasteiger charge is 2.14. The third kappa shape index (κ3) is 5.28. The second-order valence-electron chi connectivity index (χ2n) is 4.17. The van der Waals surface area contributed by atoms with Crippen LogP contribution in [-0.4, -0.2) is 50.2 Å². The molecule has 4 heteroatoms. The van der Waals surface area contributed by atoms with Gasteiger partial charge in [0.25, 0.3) is 0 Å². The molecule has 0 amide bonds. The van der Waals surface area contributed by atoms with Crippen molar-refractivity contribution >= 4 is 5.97 Å². The number of nitrogens with one attached hydrogen (secondary N) is 1.